The molecule has 0 bridgehead atoms. The van der Waals surface area contributed by atoms with Crippen LogP contribution in [0.15, 0.2) is 45.3 Å². The lowest BCUT2D eigenvalue weighted by Crippen LogP contribution is -2.11. The van der Waals surface area contributed by atoms with E-state index in [-0.39, 0.29) is 11.3 Å². The van der Waals surface area contributed by atoms with Crippen LogP contribution < -0.4 is 5.32 Å². The molecule has 3 aromatic rings. The first-order valence-electron chi connectivity index (χ1n) is 5.89. The molecule has 0 saturated heterocycles. The summed E-state index contributed by atoms with van der Waals surface area (Å²) < 4.78 is 2.41. The highest BCUT2D eigenvalue weighted by atomic mass is 79.9. The van der Waals surface area contributed by atoms with Gasteiger partial charge in [-0.05, 0) is 46.3 Å². The lowest BCUT2D eigenvalue weighted by Gasteiger charge is -2.05. The van der Waals surface area contributed by atoms with Gasteiger partial charge < -0.3 is 5.11 Å². The first kappa shape index (κ1) is 14.5. The Morgan fingerprint density at radius 2 is 2.05 bits per heavy atom. The minimum atomic E-state index is -0.396. The number of aromatic nitrogens is 1. The summed E-state index contributed by atoms with van der Waals surface area (Å²) in [6.07, 6.45) is 0. The maximum Gasteiger partial charge on any atom is 0.261 e. The number of thiazole rings is 1. The summed E-state index contributed by atoms with van der Waals surface area (Å²) in [6.45, 7) is 0. The number of phenols is 1. The van der Waals surface area contributed by atoms with Crippen LogP contribution in [0.4, 0.5) is 5.13 Å². The SMILES string of the molecule is O=C(Nc1nc2ccc(Br)cc2s1)c1cccc(Br)c1O. The van der Waals surface area contributed by atoms with Gasteiger partial charge >= 0.3 is 0 Å². The van der Waals surface area contributed by atoms with Crippen molar-refractivity contribution in [3.63, 3.8) is 0 Å². The molecule has 7 heteroatoms. The number of rotatable bonds is 2. The van der Waals surface area contributed by atoms with Gasteiger partial charge in [0.25, 0.3) is 5.91 Å². The number of phenolic OH excluding ortho intramolecular Hbond substituents is 1. The van der Waals surface area contributed by atoms with Crippen LogP contribution in [0.1, 0.15) is 10.4 Å². The third-order valence-electron chi connectivity index (χ3n) is 2.80. The van der Waals surface area contributed by atoms with Gasteiger partial charge in [0.15, 0.2) is 5.13 Å². The van der Waals surface area contributed by atoms with Crippen LogP contribution in [0.5, 0.6) is 5.75 Å². The van der Waals surface area contributed by atoms with Crippen LogP contribution >= 0.6 is 43.2 Å². The molecule has 0 aliphatic rings. The van der Waals surface area contributed by atoms with E-state index >= 15 is 0 Å². The topological polar surface area (TPSA) is 62.2 Å². The van der Waals surface area contributed by atoms with Crippen molar-refractivity contribution in [3.05, 3.63) is 50.9 Å². The highest BCUT2D eigenvalue weighted by molar-refractivity contribution is 9.10. The molecule has 0 fully saturated rings. The molecule has 1 aromatic heterocycles. The number of hydrogen-bond donors (Lipinski definition) is 2. The Morgan fingerprint density at radius 3 is 2.86 bits per heavy atom. The number of nitrogens with zero attached hydrogens (tertiary/aromatic N) is 1. The molecule has 1 heterocycles. The predicted octanol–water partition coefficient (Wildman–Crippen LogP) is 4.78. The Balaban J connectivity index is 1.91. The van der Waals surface area contributed by atoms with Gasteiger partial charge in [0.05, 0.1) is 20.3 Å². The van der Waals surface area contributed by atoms with Gasteiger partial charge in [-0.15, -0.1) is 0 Å². The lowest BCUT2D eigenvalue weighted by atomic mass is 10.2. The summed E-state index contributed by atoms with van der Waals surface area (Å²) in [7, 11) is 0. The highest BCUT2D eigenvalue weighted by Crippen LogP contribution is 2.31. The van der Waals surface area contributed by atoms with E-state index in [9.17, 15) is 9.90 Å². The summed E-state index contributed by atoms with van der Waals surface area (Å²) in [5.74, 6) is -0.481. The summed E-state index contributed by atoms with van der Waals surface area (Å²) in [6, 6.07) is 10.6. The van der Waals surface area contributed by atoms with Gasteiger partial charge in [0.2, 0.25) is 0 Å². The van der Waals surface area contributed by atoms with E-state index in [0.29, 0.717) is 9.60 Å². The number of amides is 1. The smallest absolute Gasteiger partial charge is 0.261 e. The monoisotopic (exact) mass is 426 g/mol. The molecule has 2 aromatic carbocycles. The second kappa shape index (κ2) is 5.75. The molecule has 106 valence electrons. The fraction of sp³-hybridized carbons (Fsp3) is 0. The van der Waals surface area contributed by atoms with Crippen molar-refractivity contribution in [1.29, 1.82) is 0 Å². The lowest BCUT2D eigenvalue weighted by molar-refractivity contribution is 0.102. The van der Waals surface area contributed by atoms with E-state index in [2.05, 4.69) is 42.2 Å². The Kier molecular flexibility index (Phi) is 3.97. The molecular weight excluding hydrogens is 420 g/mol. The van der Waals surface area contributed by atoms with Gasteiger partial charge in [-0.1, -0.05) is 33.3 Å². The van der Waals surface area contributed by atoms with Gasteiger partial charge in [0, 0.05) is 4.47 Å². The standard InChI is InChI=1S/C14H8Br2N2O2S/c15-7-4-5-10-11(6-7)21-14(17-10)18-13(20)8-2-1-3-9(16)12(8)19/h1-6,19H,(H,17,18,20). The largest absolute Gasteiger partial charge is 0.506 e. The molecule has 0 saturated carbocycles. The molecule has 0 spiro atoms. The zero-order valence-electron chi connectivity index (χ0n) is 10.4. The number of fused-ring (bicyclic) bond motifs is 1. The summed E-state index contributed by atoms with van der Waals surface area (Å²) in [4.78, 5) is 16.5. The minimum absolute atomic E-state index is 0.0844. The number of carbonyl (C=O) groups is 1. The maximum atomic E-state index is 12.2. The van der Waals surface area contributed by atoms with Crippen molar-refractivity contribution < 1.29 is 9.90 Å². The van der Waals surface area contributed by atoms with Gasteiger partial charge in [-0.2, -0.15) is 0 Å². The van der Waals surface area contributed by atoms with Crippen LogP contribution in [-0.4, -0.2) is 16.0 Å². The second-order valence-electron chi connectivity index (χ2n) is 4.22. The van der Waals surface area contributed by atoms with Crippen molar-refractivity contribution in [2.45, 2.75) is 0 Å². The molecular formula is C14H8Br2N2O2S. The maximum absolute atomic E-state index is 12.2. The first-order chi connectivity index (χ1) is 10.0. The number of carbonyl (C=O) groups excluding carboxylic acids is 1. The first-order valence-corrected chi connectivity index (χ1v) is 8.30. The third-order valence-corrected chi connectivity index (χ3v) is 4.87. The predicted molar refractivity (Wildman–Crippen MR) is 91.1 cm³/mol. The summed E-state index contributed by atoms with van der Waals surface area (Å²) >= 11 is 7.97. The number of aromatic hydroxyl groups is 1. The zero-order valence-corrected chi connectivity index (χ0v) is 14.4. The van der Waals surface area contributed by atoms with Crippen molar-refractivity contribution in [2.75, 3.05) is 5.32 Å². The van der Waals surface area contributed by atoms with E-state index in [1.165, 1.54) is 11.3 Å². The quantitative estimate of drug-likeness (QED) is 0.618. The number of para-hydroxylation sites is 1. The molecule has 0 atom stereocenters. The van der Waals surface area contributed by atoms with Crippen molar-refractivity contribution in [3.8, 4) is 5.75 Å². The number of hydrogen-bond acceptors (Lipinski definition) is 4. The second-order valence-corrected chi connectivity index (χ2v) is 7.02. The van der Waals surface area contributed by atoms with Gasteiger partial charge in [-0.25, -0.2) is 4.98 Å². The zero-order chi connectivity index (χ0) is 15.0. The van der Waals surface area contributed by atoms with Crippen molar-refractivity contribution in [2.24, 2.45) is 0 Å². The fourth-order valence-electron chi connectivity index (χ4n) is 1.81. The Bertz CT molecular complexity index is 848. The fourth-order valence-corrected chi connectivity index (χ4v) is 3.59. The van der Waals surface area contributed by atoms with Crippen molar-refractivity contribution >= 4 is 64.5 Å². The van der Waals surface area contributed by atoms with E-state index in [0.717, 1.165) is 14.7 Å². The molecule has 0 unspecified atom stereocenters. The number of halogens is 2. The molecule has 21 heavy (non-hydrogen) atoms. The molecule has 0 aliphatic carbocycles. The van der Waals surface area contributed by atoms with E-state index in [1.807, 2.05) is 18.2 Å². The Labute approximate surface area is 141 Å². The Morgan fingerprint density at radius 1 is 1.24 bits per heavy atom. The summed E-state index contributed by atoms with van der Waals surface area (Å²) in [5.41, 5.74) is 1.02. The Hall–Kier alpha value is -1.44. The third kappa shape index (κ3) is 2.95. The van der Waals surface area contributed by atoms with Crippen LogP contribution in [0.2, 0.25) is 0 Å². The average molecular weight is 428 g/mol. The highest BCUT2D eigenvalue weighted by Gasteiger charge is 2.15. The normalized spacial score (nSPS) is 10.8. The van der Waals surface area contributed by atoms with E-state index < -0.39 is 5.91 Å². The van der Waals surface area contributed by atoms with Crippen LogP contribution in [0.25, 0.3) is 10.2 Å². The molecule has 0 aliphatic heterocycles. The minimum Gasteiger partial charge on any atom is -0.506 e. The van der Waals surface area contributed by atoms with Crippen LogP contribution in [0, 0.1) is 0 Å². The summed E-state index contributed by atoms with van der Waals surface area (Å²) in [5, 5.41) is 13.1. The van der Waals surface area contributed by atoms with E-state index in [1.54, 1.807) is 18.2 Å². The number of nitrogens with one attached hydrogen (secondary N) is 1. The van der Waals surface area contributed by atoms with Crippen LogP contribution in [0.3, 0.4) is 0 Å². The van der Waals surface area contributed by atoms with Crippen LogP contribution in [-0.2, 0) is 0 Å². The average Bonchev–Trinajstić information content (AvgIpc) is 2.83. The molecule has 3 rings (SSSR count). The number of benzene rings is 2. The molecule has 1 amide bonds. The number of anilines is 1. The van der Waals surface area contributed by atoms with Crippen molar-refractivity contribution in [1.82, 2.24) is 4.98 Å². The molecule has 0 radical (unpaired) electrons. The van der Waals surface area contributed by atoms with Gasteiger partial charge in [-0.3, -0.25) is 10.1 Å². The molecule has 2 N–H and O–H groups in total. The van der Waals surface area contributed by atoms with Gasteiger partial charge in [0.1, 0.15) is 5.75 Å². The molecule has 4 nitrogen and oxygen atoms in total. The van der Waals surface area contributed by atoms with E-state index in [4.69, 9.17) is 0 Å².